The summed E-state index contributed by atoms with van der Waals surface area (Å²) >= 11 is 0. The highest BCUT2D eigenvalue weighted by molar-refractivity contribution is 6.00. The van der Waals surface area contributed by atoms with Gasteiger partial charge in [-0.1, -0.05) is 6.07 Å². The third-order valence-electron chi connectivity index (χ3n) is 5.63. The molecular weight excluding hydrogens is 438 g/mol. The number of furan rings is 1. The third kappa shape index (κ3) is 5.75. The van der Waals surface area contributed by atoms with Crippen LogP contribution in [0.25, 0.3) is 11.0 Å². The summed E-state index contributed by atoms with van der Waals surface area (Å²) in [7, 11) is 8.48. The van der Waals surface area contributed by atoms with Crippen LogP contribution in [-0.2, 0) is 6.42 Å². The molecule has 0 atom stereocenters. The lowest BCUT2D eigenvalue weighted by molar-refractivity contribution is 0.0989. The van der Waals surface area contributed by atoms with Crippen LogP contribution in [0, 0.1) is 0 Å². The van der Waals surface area contributed by atoms with Crippen LogP contribution in [0.5, 0.6) is 28.7 Å². The van der Waals surface area contributed by atoms with Crippen LogP contribution in [0.3, 0.4) is 0 Å². The van der Waals surface area contributed by atoms with Crippen molar-refractivity contribution in [3.63, 3.8) is 0 Å². The van der Waals surface area contributed by atoms with E-state index in [1.54, 1.807) is 40.6 Å². The van der Waals surface area contributed by atoms with Crippen molar-refractivity contribution < 1.29 is 32.9 Å². The van der Waals surface area contributed by atoms with Crippen LogP contribution in [0.2, 0.25) is 0 Å². The normalized spacial score (nSPS) is 11.0. The number of rotatable bonds is 13. The van der Waals surface area contributed by atoms with Crippen molar-refractivity contribution in [1.82, 2.24) is 4.90 Å². The molecule has 1 heterocycles. The molecule has 0 spiro atoms. The minimum Gasteiger partial charge on any atom is -0.496 e. The van der Waals surface area contributed by atoms with Gasteiger partial charge in [0.05, 0.1) is 40.4 Å². The first-order chi connectivity index (χ1) is 16.4. The van der Waals surface area contributed by atoms with Crippen LogP contribution >= 0.6 is 0 Å². The molecule has 0 amide bonds. The van der Waals surface area contributed by atoms with E-state index in [0.717, 1.165) is 37.4 Å². The summed E-state index contributed by atoms with van der Waals surface area (Å²) in [5.41, 5.74) is 1.63. The molecule has 0 bridgehead atoms. The van der Waals surface area contributed by atoms with Crippen molar-refractivity contribution in [3.05, 3.63) is 41.7 Å². The number of carbonyl (C=O) groups is 1. The average Bonchev–Trinajstić information content (AvgIpc) is 3.30. The fourth-order valence-electron chi connectivity index (χ4n) is 3.74. The number of ether oxygens (including phenoxy) is 5. The van der Waals surface area contributed by atoms with Gasteiger partial charge in [-0.25, -0.2) is 0 Å². The maximum atomic E-state index is 11.8. The summed E-state index contributed by atoms with van der Waals surface area (Å²) in [6.07, 6.45) is 1.72. The highest BCUT2D eigenvalue weighted by Crippen LogP contribution is 2.43. The SMILES string of the molecule is COc1ccc(CCN(C)CCCOc2cc(OC)c3cc(C(C)=O)oc3c2OC)cc1OC. The highest BCUT2D eigenvalue weighted by atomic mass is 16.5. The number of ketones is 1. The van der Waals surface area contributed by atoms with E-state index in [0.29, 0.717) is 34.8 Å². The molecule has 0 aliphatic carbocycles. The topological polar surface area (TPSA) is 79.6 Å². The molecule has 34 heavy (non-hydrogen) atoms. The van der Waals surface area contributed by atoms with Crippen LogP contribution in [0.4, 0.5) is 0 Å². The summed E-state index contributed by atoms with van der Waals surface area (Å²) in [4.78, 5) is 14.0. The number of fused-ring (bicyclic) bond motifs is 1. The van der Waals surface area contributed by atoms with Gasteiger partial charge < -0.3 is 33.0 Å². The summed E-state index contributed by atoms with van der Waals surface area (Å²) in [5, 5.41) is 0.673. The summed E-state index contributed by atoms with van der Waals surface area (Å²) in [6.45, 7) is 3.71. The lowest BCUT2D eigenvalue weighted by Crippen LogP contribution is -2.23. The van der Waals surface area contributed by atoms with Gasteiger partial charge in [0.15, 0.2) is 34.4 Å². The molecule has 0 saturated carbocycles. The van der Waals surface area contributed by atoms with Crippen LogP contribution < -0.4 is 23.7 Å². The molecule has 0 radical (unpaired) electrons. The van der Waals surface area contributed by atoms with Crippen molar-refractivity contribution in [3.8, 4) is 28.7 Å². The van der Waals surface area contributed by atoms with E-state index in [1.165, 1.54) is 12.5 Å². The second-order valence-corrected chi connectivity index (χ2v) is 7.96. The van der Waals surface area contributed by atoms with Gasteiger partial charge in [0.2, 0.25) is 5.75 Å². The Morgan fingerprint density at radius 1 is 0.882 bits per heavy atom. The standard InChI is InChI=1S/C26H33NO7/c1-17(28)21-15-19-22(30-4)16-24(26(32-6)25(19)34-21)33-13-7-11-27(2)12-10-18-8-9-20(29-3)23(14-18)31-5/h8-9,14-16H,7,10-13H2,1-6H3. The lowest BCUT2D eigenvalue weighted by atomic mass is 10.1. The van der Waals surface area contributed by atoms with Crippen molar-refractivity contribution in [2.24, 2.45) is 0 Å². The molecule has 2 aromatic carbocycles. The molecule has 3 rings (SSSR count). The summed E-state index contributed by atoms with van der Waals surface area (Å²) in [5.74, 6) is 3.08. The number of Topliss-reactive ketones (excluding diaryl/α,β-unsaturated/α-hetero) is 1. The second kappa shape index (κ2) is 11.7. The van der Waals surface area contributed by atoms with E-state index in [4.69, 9.17) is 28.1 Å². The van der Waals surface area contributed by atoms with E-state index in [-0.39, 0.29) is 11.5 Å². The van der Waals surface area contributed by atoms with Crippen molar-refractivity contribution >= 4 is 16.8 Å². The number of carbonyl (C=O) groups excluding carboxylic acids is 1. The van der Waals surface area contributed by atoms with Crippen LogP contribution in [-0.4, -0.2) is 65.9 Å². The number of nitrogens with zero attached hydrogens (tertiary/aromatic N) is 1. The number of hydrogen-bond acceptors (Lipinski definition) is 8. The van der Waals surface area contributed by atoms with E-state index in [2.05, 4.69) is 18.0 Å². The van der Waals surface area contributed by atoms with Crippen molar-refractivity contribution in [2.75, 3.05) is 55.2 Å². The van der Waals surface area contributed by atoms with E-state index in [1.807, 2.05) is 12.1 Å². The zero-order valence-corrected chi connectivity index (χ0v) is 20.7. The Morgan fingerprint density at radius 3 is 2.26 bits per heavy atom. The predicted octanol–water partition coefficient (Wildman–Crippen LogP) is 4.61. The summed E-state index contributed by atoms with van der Waals surface area (Å²) in [6, 6.07) is 9.43. The quantitative estimate of drug-likeness (QED) is 0.264. The lowest BCUT2D eigenvalue weighted by Gasteiger charge is -2.18. The molecule has 3 aromatic rings. The fraction of sp³-hybridized carbons (Fsp3) is 0.423. The van der Waals surface area contributed by atoms with Gasteiger partial charge in [0.25, 0.3) is 0 Å². The van der Waals surface area contributed by atoms with Crippen LogP contribution in [0.1, 0.15) is 29.5 Å². The maximum absolute atomic E-state index is 11.8. The molecular formula is C26H33NO7. The Hall–Kier alpha value is -3.39. The minimum absolute atomic E-state index is 0.168. The largest absolute Gasteiger partial charge is 0.496 e. The molecule has 0 saturated heterocycles. The Bertz CT molecular complexity index is 1120. The minimum atomic E-state index is -0.168. The third-order valence-corrected chi connectivity index (χ3v) is 5.63. The molecule has 0 aliphatic rings. The monoisotopic (exact) mass is 471 g/mol. The molecule has 184 valence electrons. The predicted molar refractivity (Wildman–Crippen MR) is 130 cm³/mol. The van der Waals surface area contributed by atoms with Gasteiger partial charge in [0, 0.05) is 26.1 Å². The number of hydrogen-bond donors (Lipinski definition) is 0. The Morgan fingerprint density at radius 2 is 1.62 bits per heavy atom. The van der Waals surface area contributed by atoms with Gasteiger partial charge in [-0.15, -0.1) is 0 Å². The Kier molecular flexibility index (Phi) is 8.65. The van der Waals surface area contributed by atoms with Gasteiger partial charge in [0.1, 0.15) is 5.75 Å². The first-order valence-corrected chi connectivity index (χ1v) is 11.1. The zero-order valence-electron chi connectivity index (χ0n) is 20.7. The molecule has 0 N–H and O–H groups in total. The molecule has 8 heteroatoms. The van der Waals surface area contributed by atoms with Gasteiger partial charge >= 0.3 is 0 Å². The number of likely N-dealkylation sites (N-methyl/N-ethyl adjacent to an activating group) is 1. The van der Waals surface area contributed by atoms with E-state index in [9.17, 15) is 4.79 Å². The Labute approximate surface area is 200 Å². The van der Waals surface area contributed by atoms with E-state index >= 15 is 0 Å². The first kappa shape index (κ1) is 25.2. The fourth-order valence-corrected chi connectivity index (χ4v) is 3.74. The molecule has 1 aromatic heterocycles. The Balaban J connectivity index is 1.57. The molecule has 0 unspecified atom stereocenters. The number of methoxy groups -OCH3 is 4. The van der Waals surface area contributed by atoms with Gasteiger partial charge in [-0.3, -0.25) is 4.79 Å². The maximum Gasteiger partial charge on any atom is 0.204 e. The molecule has 8 nitrogen and oxygen atoms in total. The first-order valence-electron chi connectivity index (χ1n) is 11.1. The molecule has 0 fully saturated rings. The molecule has 0 aliphatic heterocycles. The van der Waals surface area contributed by atoms with Crippen molar-refractivity contribution in [1.29, 1.82) is 0 Å². The van der Waals surface area contributed by atoms with E-state index < -0.39 is 0 Å². The number of benzene rings is 2. The highest BCUT2D eigenvalue weighted by Gasteiger charge is 2.21. The van der Waals surface area contributed by atoms with Gasteiger partial charge in [-0.05, 0) is 43.7 Å². The van der Waals surface area contributed by atoms with Crippen molar-refractivity contribution in [2.45, 2.75) is 19.8 Å². The van der Waals surface area contributed by atoms with Gasteiger partial charge in [-0.2, -0.15) is 0 Å². The average molecular weight is 472 g/mol. The smallest absolute Gasteiger partial charge is 0.204 e. The van der Waals surface area contributed by atoms with Crippen LogP contribution in [0.15, 0.2) is 34.7 Å². The second-order valence-electron chi connectivity index (χ2n) is 7.96. The summed E-state index contributed by atoms with van der Waals surface area (Å²) < 4.78 is 33.4. The zero-order chi connectivity index (χ0) is 24.7.